The molecule has 0 aliphatic carbocycles. The monoisotopic (exact) mass is 382 g/mol. The third-order valence-electron chi connectivity index (χ3n) is 6.05. The van der Waals surface area contributed by atoms with Crippen molar-refractivity contribution in [2.24, 2.45) is 0 Å². The van der Waals surface area contributed by atoms with E-state index in [1.54, 1.807) is 14.2 Å². The van der Waals surface area contributed by atoms with E-state index in [1.807, 2.05) is 24.5 Å². The van der Waals surface area contributed by atoms with Gasteiger partial charge >= 0.3 is 0 Å². The molecular weight excluding hydrogens is 352 g/mol. The predicted molar refractivity (Wildman–Crippen MR) is 108 cm³/mol. The number of methoxy groups -OCH3 is 2. The van der Waals surface area contributed by atoms with Gasteiger partial charge in [0.15, 0.2) is 0 Å². The van der Waals surface area contributed by atoms with Crippen molar-refractivity contribution >= 4 is 0 Å². The maximum absolute atomic E-state index is 5.36. The minimum Gasteiger partial charge on any atom is -0.497 e. The number of hydrogen-bond acceptors (Lipinski definition) is 6. The third kappa shape index (κ3) is 4.28. The number of hydrogen-bond donors (Lipinski definition) is 0. The van der Waals surface area contributed by atoms with E-state index in [-0.39, 0.29) is 0 Å². The quantitative estimate of drug-likeness (QED) is 0.733. The number of ether oxygens (including phenoxy) is 2. The minimum atomic E-state index is 0.584. The van der Waals surface area contributed by atoms with Gasteiger partial charge in [-0.05, 0) is 50.9 Å². The molecule has 0 N–H and O–H groups in total. The highest BCUT2D eigenvalue weighted by atomic mass is 16.5. The van der Waals surface area contributed by atoms with E-state index in [4.69, 9.17) is 9.47 Å². The molecule has 0 saturated carbocycles. The molecule has 2 atom stereocenters. The Hall–Kier alpha value is -2.18. The van der Waals surface area contributed by atoms with Crippen molar-refractivity contribution in [1.82, 2.24) is 19.8 Å². The maximum Gasteiger partial charge on any atom is 0.122 e. The molecule has 2 aromatic rings. The molecule has 150 valence electrons. The smallest absolute Gasteiger partial charge is 0.122 e. The van der Waals surface area contributed by atoms with Gasteiger partial charge in [0.05, 0.1) is 25.6 Å². The van der Waals surface area contributed by atoms with E-state index in [0.29, 0.717) is 12.1 Å². The Kier molecular flexibility index (Phi) is 6.07. The summed E-state index contributed by atoms with van der Waals surface area (Å²) in [5, 5.41) is 0. The molecule has 2 aromatic heterocycles. The summed E-state index contributed by atoms with van der Waals surface area (Å²) >= 11 is 0. The number of pyridine rings is 2. The van der Waals surface area contributed by atoms with E-state index >= 15 is 0 Å². The summed E-state index contributed by atoms with van der Waals surface area (Å²) < 4.78 is 10.7. The summed E-state index contributed by atoms with van der Waals surface area (Å²) in [6.07, 6.45) is 8.73. The van der Waals surface area contributed by atoms with Crippen LogP contribution in [0.5, 0.6) is 11.5 Å². The minimum absolute atomic E-state index is 0.584. The van der Waals surface area contributed by atoms with E-state index in [2.05, 4.69) is 31.9 Å². The van der Waals surface area contributed by atoms with Gasteiger partial charge in [0.2, 0.25) is 0 Å². The molecule has 6 nitrogen and oxygen atoms in total. The first kappa shape index (κ1) is 19.2. The van der Waals surface area contributed by atoms with Crippen molar-refractivity contribution in [2.45, 2.75) is 50.9 Å². The number of nitrogens with zero attached hydrogens (tertiary/aromatic N) is 4. The zero-order valence-electron chi connectivity index (χ0n) is 16.9. The Bertz CT molecular complexity index is 719. The highest BCUT2D eigenvalue weighted by Crippen LogP contribution is 2.32. The first-order valence-corrected chi connectivity index (χ1v) is 10.2. The van der Waals surface area contributed by atoms with Crippen LogP contribution in [0, 0.1) is 0 Å². The van der Waals surface area contributed by atoms with Crippen molar-refractivity contribution in [3.05, 3.63) is 48.0 Å². The molecule has 2 saturated heterocycles. The van der Waals surface area contributed by atoms with E-state index in [1.165, 1.54) is 25.7 Å². The second-order valence-electron chi connectivity index (χ2n) is 7.73. The molecule has 0 unspecified atom stereocenters. The number of aromatic nitrogens is 2. The molecule has 2 aliphatic rings. The normalized spacial score (nSPS) is 23.2. The predicted octanol–water partition coefficient (Wildman–Crippen LogP) is 3.12. The molecule has 0 bridgehead atoms. The van der Waals surface area contributed by atoms with Crippen molar-refractivity contribution in [3.8, 4) is 11.5 Å². The highest BCUT2D eigenvalue weighted by molar-refractivity contribution is 5.23. The van der Waals surface area contributed by atoms with Gasteiger partial charge in [-0.25, -0.2) is 0 Å². The zero-order chi connectivity index (χ0) is 19.3. The lowest BCUT2D eigenvalue weighted by Crippen LogP contribution is -2.45. The SMILES string of the molecule is COc1ccnc(CN2CCC[C@H]2[C@@H]2CCCN2Cc2cc(OC)ccn2)c1. The molecule has 6 heteroatoms. The van der Waals surface area contributed by atoms with Crippen molar-refractivity contribution in [2.75, 3.05) is 27.3 Å². The molecule has 4 rings (SSSR count). The van der Waals surface area contributed by atoms with Gasteiger partial charge in [0, 0.05) is 49.7 Å². The molecule has 2 fully saturated rings. The Labute approximate surface area is 167 Å². The van der Waals surface area contributed by atoms with Crippen LogP contribution < -0.4 is 9.47 Å². The summed E-state index contributed by atoms with van der Waals surface area (Å²) in [5.41, 5.74) is 2.18. The van der Waals surface area contributed by atoms with Crippen LogP contribution in [0.3, 0.4) is 0 Å². The average Bonchev–Trinajstić information content (AvgIpc) is 3.37. The van der Waals surface area contributed by atoms with Crippen LogP contribution in [0.25, 0.3) is 0 Å². The van der Waals surface area contributed by atoms with Gasteiger partial charge < -0.3 is 9.47 Å². The van der Waals surface area contributed by atoms with Crippen LogP contribution >= 0.6 is 0 Å². The maximum atomic E-state index is 5.36. The van der Waals surface area contributed by atoms with Crippen LogP contribution in [0.15, 0.2) is 36.7 Å². The Morgan fingerprint density at radius 2 is 1.29 bits per heavy atom. The summed E-state index contributed by atoms with van der Waals surface area (Å²) in [6.45, 7) is 4.07. The summed E-state index contributed by atoms with van der Waals surface area (Å²) in [4.78, 5) is 14.3. The van der Waals surface area contributed by atoms with Crippen LogP contribution in [-0.2, 0) is 13.1 Å². The van der Waals surface area contributed by atoms with Crippen LogP contribution in [0.1, 0.15) is 37.1 Å². The standard InChI is InChI=1S/C22H30N4O2/c1-27-19-7-9-23-17(13-19)15-25-11-3-5-21(25)22-6-4-12-26(22)16-18-14-20(28-2)8-10-24-18/h7-10,13-14,21-22H,3-6,11-12,15-16H2,1-2H3/t21-,22-/m0/s1. The van der Waals surface area contributed by atoms with E-state index in [9.17, 15) is 0 Å². The molecule has 0 spiro atoms. The van der Waals surface area contributed by atoms with Crippen molar-refractivity contribution in [1.29, 1.82) is 0 Å². The average molecular weight is 383 g/mol. The van der Waals surface area contributed by atoms with E-state index in [0.717, 1.165) is 49.1 Å². The molecule has 0 aromatic carbocycles. The number of rotatable bonds is 7. The summed E-state index contributed by atoms with van der Waals surface area (Å²) in [7, 11) is 3.42. The van der Waals surface area contributed by atoms with Gasteiger partial charge in [-0.3, -0.25) is 19.8 Å². The fourth-order valence-electron chi connectivity index (χ4n) is 4.72. The Morgan fingerprint density at radius 1 is 0.821 bits per heavy atom. The van der Waals surface area contributed by atoms with Gasteiger partial charge in [0.1, 0.15) is 11.5 Å². The number of likely N-dealkylation sites (tertiary alicyclic amines) is 2. The molecule has 2 aliphatic heterocycles. The first-order valence-electron chi connectivity index (χ1n) is 10.2. The fraction of sp³-hybridized carbons (Fsp3) is 0.545. The largest absolute Gasteiger partial charge is 0.497 e. The van der Waals surface area contributed by atoms with Gasteiger partial charge in [-0.2, -0.15) is 0 Å². The van der Waals surface area contributed by atoms with Gasteiger partial charge in [-0.15, -0.1) is 0 Å². The lowest BCUT2D eigenvalue weighted by molar-refractivity contribution is 0.122. The molecule has 0 amide bonds. The fourth-order valence-corrected chi connectivity index (χ4v) is 4.72. The van der Waals surface area contributed by atoms with Crippen LogP contribution in [0.2, 0.25) is 0 Å². The second kappa shape index (κ2) is 8.88. The van der Waals surface area contributed by atoms with Crippen molar-refractivity contribution < 1.29 is 9.47 Å². The highest BCUT2D eigenvalue weighted by Gasteiger charge is 2.37. The Balaban J connectivity index is 1.45. The van der Waals surface area contributed by atoms with Crippen LogP contribution in [0.4, 0.5) is 0 Å². The third-order valence-corrected chi connectivity index (χ3v) is 6.05. The van der Waals surface area contributed by atoms with Gasteiger partial charge in [-0.1, -0.05) is 0 Å². The van der Waals surface area contributed by atoms with E-state index < -0.39 is 0 Å². The second-order valence-corrected chi connectivity index (χ2v) is 7.73. The van der Waals surface area contributed by atoms with Crippen molar-refractivity contribution in [3.63, 3.8) is 0 Å². The summed E-state index contributed by atoms with van der Waals surface area (Å²) in [5.74, 6) is 1.76. The Morgan fingerprint density at radius 3 is 1.71 bits per heavy atom. The van der Waals surface area contributed by atoms with Crippen LogP contribution in [-0.4, -0.2) is 59.2 Å². The lowest BCUT2D eigenvalue weighted by atomic mass is 10.0. The lowest BCUT2D eigenvalue weighted by Gasteiger charge is -2.35. The summed E-state index contributed by atoms with van der Waals surface area (Å²) in [6, 6.07) is 9.10. The molecule has 0 radical (unpaired) electrons. The topological polar surface area (TPSA) is 50.7 Å². The zero-order valence-corrected chi connectivity index (χ0v) is 16.9. The molecule has 4 heterocycles. The first-order chi connectivity index (χ1) is 13.8. The molecular formula is C22H30N4O2. The van der Waals surface area contributed by atoms with Gasteiger partial charge in [0.25, 0.3) is 0 Å². The molecule has 28 heavy (non-hydrogen) atoms.